The van der Waals surface area contributed by atoms with Gasteiger partial charge in [0.05, 0.1) is 11.3 Å². The molecule has 0 N–H and O–H groups in total. The van der Waals surface area contributed by atoms with Crippen molar-refractivity contribution in [3.05, 3.63) is 23.9 Å². The predicted octanol–water partition coefficient (Wildman–Crippen LogP) is 1.52. The number of carbonyl (C=O) groups excluding carboxylic acids is 1. The van der Waals surface area contributed by atoms with Gasteiger partial charge in [-0.3, -0.25) is 4.79 Å². The summed E-state index contributed by atoms with van der Waals surface area (Å²) in [7, 11) is -1.51. The smallest absolute Gasteiger partial charge is 0.256 e. The lowest BCUT2D eigenvalue weighted by atomic mass is 9.89. The molecule has 0 aromatic heterocycles. The zero-order valence-corrected chi connectivity index (χ0v) is 14.3. The van der Waals surface area contributed by atoms with Crippen LogP contribution in [0.4, 0.5) is 0 Å². The Morgan fingerprint density at radius 1 is 1.30 bits per heavy atom. The van der Waals surface area contributed by atoms with Crippen LogP contribution in [0.2, 0.25) is 0 Å². The van der Waals surface area contributed by atoms with Gasteiger partial charge in [-0.2, -0.15) is 0 Å². The van der Waals surface area contributed by atoms with Gasteiger partial charge in [-0.1, -0.05) is 19.3 Å². The highest BCUT2D eigenvalue weighted by Crippen LogP contribution is 2.25. The molecule has 3 aliphatic rings. The third-order valence-corrected chi connectivity index (χ3v) is 5.84. The lowest BCUT2D eigenvalue weighted by Crippen LogP contribution is -2.39. The van der Waals surface area contributed by atoms with E-state index in [2.05, 4.69) is 4.40 Å². The number of likely N-dealkylation sites (N-methyl/N-ethyl adjacent to an activating group) is 1. The highest BCUT2D eigenvalue weighted by Gasteiger charge is 2.26. The summed E-state index contributed by atoms with van der Waals surface area (Å²) in [6, 6.07) is 0. The molecular weight excluding hydrogens is 314 g/mol. The van der Waals surface area contributed by atoms with Crippen molar-refractivity contribution in [2.45, 2.75) is 32.1 Å². The van der Waals surface area contributed by atoms with Crippen molar-refractivity contribution in [3.63, 3.8) is 0 Å². The van der Waals surface area contributed by atoms with E-state index < -0.39 is 10.0 Å². The van der Waals surface area contributed by atoms with Gasteiger partial charge in [-0.05, 0) is 30.9 Å². The molecule has 0 aromatic carbocycles. The molecule has 1 saturated carbocycles. The lowest BCUT2D eigenvalue weighted by molar-refractivity contribution is -0.126. The second-order valence-corrected chi connectivity index (χ2v) is 8.29. The standard InChI is InChI=1S/C16H23N3O3S/c1-18(11-13-5-3-2-4-6-13)16(20)14-7-8-15-17-23(21,22)10-9-19(15)12-14/h7-8,12-13H,2-6,9-11H2,1H3. The minimum absolute atomic E-state index is 0.0137. The Bertz CT molecular complexity index is 673. The van der Waals surface area contributed by atoms with Crippen molar-refractivity contribution in [2.75, 3.05) is 25.9 Å². The van der Waals surface area contributed by atoms with Crippen molar-refractivity contribution in [1.82, 2.24) is 9.80 Å². The molecule has 23 heavy (non-hydrogen) atoms. The summed E-state index contributed by atoms with van der Waals surface area (Å²) < 4.78 is 26.7. The van der Waals surface area contributed by atoms with Gasteiger partial charge in [0.1, 0.15) is 5.84 Å². The van der Waals surface area contributed by atoms with Crippen molar-refractivity contribution >= 4 is 21.8 Å². The molecule has 0 unspecified atom stereocenters. The molecule has 0 aromatic rings. The summed E-state index contributed by atoms with van der Waals surface area (Å²) in [4.78, 5) is 16.1. The van der Waals surface area contributed by atoms with Gasteiger partial charge in [0.2, 0.25) is 0 Å². The second kappa shape index (κ2) is 6.47. The van der Waals surface area contributed by atoms with E-state index >= 15 is 0 Å². The Labute approximate surface area is 137 Å². The molecule has 0 saturated heterocycles. The molecule has 6 nitrogen and oxygen atoms in total. The third-order valence-electron chi connectivity index (χ3n) is 4.67. The van der Waals surface area contributed by atoms with E-state index in [1.54, 1.807) is 28.2 Å². The molecule has 0 radical (unpaired) electrons. The van der Waals surface area contributed by atoms with Crippen LogP contribution < -0.4 is 0 Å². The van der Waals surface area contributed by atoms with E-state index in [-0.39, 0.29) is 11.7 Å². The quantitative estimate of drug-likeness (QED) is 0.783. The van der Waals surface area contributed by atoms with E-state index in [1.807, 2.05) is 7.05 Å². The Hall–Kier alpha value is -1.63. The van der Waals surface area contributed by atoms with Crippen LogP contribution in [0.25, 0.3) is 0 Å². The van der Waals surface area contributed by atoms with Crippen LogP contribution in [-0.4, -0.2) is 55.9 Å². The van der Waals surface area contributed by atoms with Gasteiger partial charge in [-0.15, -0.1) is 4.40 Å². The number of amidine groups is 1. The van der Waals surface area contributed by atoms with Gasteiger partial charge in [-0.25, -0.2) is 8.42 Å². The first kappa shape index (κ1) is 16.2. The molecule has 1 aliphatic carbocycles. The number of carbonyl (C=O) groups is 1. The normalized spacial score (nSPS) is 23.8. The van der Waals surface area contributed by atoms with Crippen LogP contribution in [0.1, 0.15) is 32.1 Å². The van der Waals surface area contributed by atoms with E-state index in [9.17, 15) is 13.2 Å². The maximum Gasteiger partial charge on any atom is 0.256 e. The lowest BCUT2D eigenvalue weighted by Gasteiger charge is -2.30. The Morgan fingerprint density at radius 2 is 2.04 bits per heavy atom. The first-order valence-corrected chi connectivity index (χ1v) is 9.80. The van der Waals surface area contributed by atoms with Crippen LogP contribution in [0.15, 0.2) is 28.3 Å². The summed E-state index contributed by atoms with van der Waals surface area (Å²) in [5.41, 5.74) is 0.585. The molecule has 1 fully saturated rings. The first-order chi connectivity index (χ1) is 10.9. The molecule has 2 aliphatic heterocycles. The number of amides is 1. The number of sulfonamides is 1. The van der Waals surface area contributed by atoms with E-state index in [4.69, 9.17) is 0 Å². The van der Waals surface area contributed by atoms with Crippen LogP contribution >= 0.6 is 0 Å². The number of fused-ring (bicyclic) bond motifs is 1. The Morgan fingerprint density at radius 3 is 2.78 bits per heavy atom. The monoisotopic (exact) mass is 337 g/mol. The fourth-order valence-electron chi connectivity index (χ4n) is 3.39. The zero-order valence-electron chi connectivity index (χ0n) is 13.4. The Balaban J connectivity index is 1.66. The maximum absolute atomic E-state index is 12.6. The predicted molar refractivity (Wildman–Crippen MR) is 89.4 cm³/mol. The van der Waals surface area contributed by atoms with Gasteiger partial charge in [0.15, 0.2) is 0 Å². The molecule has 7 heteroatoms. The topological polar surface area (TPSA) is 70.1 Å². The summed E-state index contributed by atoms with van der Waals surface area (Å²) in [5, 5.41) is 0. The molecule has 0 bridgehead atoms. The fraction of sp³-hybridized carbons (Fsp3) is 0.625. The molecule has 2 heterocycles. The van der Waals surface area contributed by atoms with Crippen molar-refractivity contribution < 1.29 is 13.2 Å². The molecular formula is C16H23N3O3S. The number of hydrogen-bond acceptors (Lipinski definition) is 4. The highest BCUT2D eigenvalue weighted by molar-refractivity contribution is 7.90. The average molecular weight is 337 g/mol. The van der Waals surface area contributed by atoms with Gasteiger partial charge in [0.25, 0.3) is 15.9 Å². The zero-order chi connectivity index (χ0) is 16.4. The van der Waals surface area contributed by atoms with Crippen molar-refractivity contribution in [3.8, 4) is 0 Å². The number of nitrogens with zero attached hydrogens (tertiary/aromatic N) is 3. The Kier molecular flexibility index (Phi) is 4.57. The second-order valence-electron chi connectivity index (χ2n) is 6.54. The summed E-state index contributed by atoms with van der Waals surface area (Å²) in [6.07, 6.45) is 11.2. The van der Waals surface area contributed by atoms with Gasteiger partial charge >= 0.3 is 0 Å². The number of rotatable bonds is 3. The van der Waals surface area contributed by atoms with Crippen LogP contribution in [0.3, 0.4) is 0 Å². The SMILES string of the molecule is CN(CC1CCCCC1)C(=O)C1=CN2CCS(=O)(=O)N=C2C=C1. The maximum atomic E-state index is 12.6. The minimum atomic E-state index is -3.36. The summed E-state index contributed by atoms with van der Waals surface area (Å²) >= 11 is 0. The highest BCUT2D eigenvalue weighted by atomic mass is 32.2. The van der Waals surface area contributed by atoms with Crippen LogP contribution in [0.5, 0.6) is 0 Å². The summed E-state index contributed by atoms with van der Waals surface area (Å²) in [5.74, 6) is 0.963. The van der Waals surface area contributed by atoms with Gasteiger partial charge in [0, 0.05) is 26.3 Å². The van der Waals surface area contributed by atoms with E-state index in [0.717, 1.165) is 6.54 Å². The van der Waals surface area contributed by atoms with Crippen molar-refractivity contribution in [1.29, 1.82) is 0 Å². The van der Waals surface area contributed by atoms with Crippen LogP contribution in [0, 0.1) is 5.92 Å². The van der Waals surface area contributed by atoms with Gasteiger partial charge < -0.3 is 9.80 Å². The molecule has 1 amide bonds. The average Bonchev–Trinajstić information content (AvgIpc) is 2.54. The molecule has 3 rings (SSSR count). The summed E-state index contributed by atoms with van der Waals surface area (Å²) in [6.45, 7) is 1.13. The molecule has 0 atom stereocenters. The van der Waals surface area contributed by atoms with E-state index in [0.29, 0.717) is 23.9 Å². The first-order valence-electron chi connectivity index (χ1n) is 8.19. The fourth-order valence-corrected chi connectivity index (χ4v) is 4.36. The van der Waals surface area contributed by atoms with Crippen molar-refractivity contribution in [2.24, 2.45) is 10.3 Å². The minimum Gasteiger partial charge on any atom is -0.341 e. The van der Waals surface area contributed by atoms with E-state index in [1.165, 1.54) is 32.1 Å². The molecule has 126 valence electrons. The number of hydrogen-bond donors (Lipinski definition) is 0. The largest absolute Gasteiger partial charge is 0.341 e. The third kappa shape index (κ3) is 3.83. The molecule has 0 spiro atoms. The van der Waals surface area contributed by atoms with Crippen LogP contribution in [-0.2, 0) is 14.8 Å².